The monoisotopic (exact) mass is 335 g/mol. The summed E-state index contributed by atoms with van der Waals surface area (Å²) in [4.78, 5) is 12.0. The molecule has 0 spiro atoms. The average molecular weight is 336 g/mol. The van der Waals surface area contributed by atoms with Crippen LogP contribution in [0, 0.1) is 0 Å². The number of hydrogen-bond donors (Lipinski definition) is 3. The fourth-order valence-corrected chi connectivity index (χ4v) is 2.58. The fourth-order valence-electron chi connectivity index (χ4n) is 2.58. The lowest BCUT2D eigenvalue weighted by atomic mass is 10.0. The second-order valence-electron chi connectivity index (χ2n) is 5.32. The molecule has 122 valence electrons. The number of urea groups is 1. The minimum absolute atomic E-state index is 0. The van der Waals surface area contributed by atoms with Crippen LogP contribution < -0.4 is 16.0 Å². The van der Waals surface area contributed by atoms with Gasteiger partial charge in [-0.15, -0.1) is 12.4 Å². The number of carbonyl (C=O) groups excluding carboxylic acids is 1. The molecule has 3 rings (SSSR count). The van der Waals surface area contributed by atoms with E-state index in [9.17, 15) is 9.18 Å². The number of amides is 2. The molecule has 2 amide bonds. The maximum absolute atomic E-state index is 12.6. The van der Waals surface area contributed by atoms with Gasteiger partial charge in [0.25, 0.3) is 0 Å². The molecule has 0 bridgehead atoms. The van der Waals surface area contributed by atoms with Crippen molar-refractivity contribution in [1.82, 2.24) is 5.32 Å². The van der Waals surface area contributed by atoms with E-state index in [4.69, 9.17) is 0 Å². The molecule has 0 aliphatic carbocycles. The first-order valence-electron chi connectivity index (χ1n) is 7.30. The fraction of sp³-hybridized carbons (Fsp3) is 0.235. The van der Waals surface area contributed by atoms with Crippen LogP contribution in [0.5, 0.6) is 0 Å². The van der Waals surface area contributed by atoms with Gasteiger partial charge in [0.15, 0.2) is 0 Å². The van der Waals surface area contributed by atoms with E-state index in [1.165, 1.54) is 11.1 Å². The Balaban J connectivity index is 0.00000192. The highest BCUT2D eigenvalue weighted by molar-refractivity contribution is 5.99. The molecule has 1 aliphatic rings. The van der Waals surface area contributed by atoms with Crippen molar-refractivity contribution in [3.05, 3.63) is 59.2 Å². The molecule has 1 heterocycles. The lowest BCUT2D eigenvalue weighted by Gasteiger charge is -2.18. The second kappa shape index (κ2) is 7.94. The third-order valence-corrected chi connectivity index (χ3v) is 3.69. The number of carbonyl (C=O) groups is 1. The number of anilines is 2. The van der Waals surface area contributed by atoms with Crippen LogP contribution in [0.4, 0.5) is 20.6 Å². The van der Waals surface area contributed by atoms with Gasteiger partial charge >= 0.3 is 6.03 Å². The lowest BCUT2D eigenvalue weighted by molar-refractivity contribution is 0.262. The van der Waals surface area contributed by atoms with Crippen LogP contribution in [0.15, 0.2) is 42.5 Å². The Kier molecular flexibility index (Phi) is 5.96. The number of nitrogens with one attached hydrogen (secondary N) is 3. The van der Waals surface area contributed by atoms with E-state index in [-0.39, 0.29) is 18.4 Å². The second-order valence-corrected chi connectivity index (χ2v) is 5.32. The smallest absolute Gasteiger partial charge is 0.312 e. The number of hydrogen-bond acceptors (Lipinski definition) is 2. The van der Waals surface area contributed by atoms with E-state index < -0.39 is 6.67 Å². The quantitative estimate of drug-likeness (QED) is 0.797. The summed E-state index contributed by atoms with van der Waals surface area (Å²) in [6.45, 7) is 1.28. The molecular weight excluding hydrogens is 317 g/mol. The van der Waals surface area contributed by atoms with Gasteiger partial charge in [0.1, 0.15) is 6.67 Å². The lowest BCUT2D eigenvalue weighted by Crippen LogP contribution is -2.24. The van der Waals surface area contributed by atoms with Crippen LogP contribution in [-0.4, -0.2) is 12.6 Å². The summed E-state index contributed by atoms with van der Waals surface area (Å²) < 4.78 is 12.6. The average Bonchev–Trinajstić information content (AvgIpc) is 2.55. The van der Waals surface area contributed by atoms with Gasteiger partial charge in [-0.1, -0.05) is 18.2 Å². The van der Waals surface area contributed by atoms with Crippen molar-refractivity contribution in [2.45, 2.75) is 19.6 Å². The Morgan fingerprint density at radius 3 is 2.65 bits per heavy atom. The molecule has 6 heteroatoms. The minimum atomic E-state index is -0.546. The summed E-state index contributed by atoms with van der Waals surface area (Å²) >= 11 is 0. The van der Waals surface area contributed by atoms with Crippen LogP contribution in [-0.2, 0) is 19.6 Å². The molecule has 3 N–H and O–H groups in total. The van der Waals surface area contributed by atoms with Gasteiger partial charge in [0.2, 0.25) is 0 Å². The summed E-state index contributed by atoms with van der Waals surface area (Å²) in [6.07, 6.45) is 0.963. The minimum Gasteiger partial charge on any atom is -0.312 e. The number of benzene rings is 2. The Bertz CT molecular complexity index is 693. The van der Waals surface area contributed by atoms with E-state index in [1.54, 1.807) is 24.3 Å². The Labute approximate surface area is 140 Å². The third kappa shape index (κ3) is 4.43. The zero-order chi connectivity index (χ0) is 15.4. The van der Waals surface area contributed by atoms with Gasteiger partial charge in [-0.25, -0.2) is 9.18 Å². The van der Waals surface area contributed by atoms with Gasteiger partial charge in [0, 0.05) is 17.9 Å². The molecular formula is C17H19ClFN3O. The van der Waals surface area contributed by atoms with Crippen LogP contribution in [0.3, 0.4) is 0 Å². The first kappa shape index (κ1) is 17.2. The first-order valence-corrected chi connectivity index (χ1v) is 7.30. The first-order chi connectivity index (χ1) is 10.7. The van der Waals surface area contributed by atoms with Crippen LogP contribution >= 0.6 is 12.4 Å². The number of alkyl halides is 1. The Hall–Kier alpha value is -2.11. The van der Waals surface area contributed by atoms with Crippen LogP contribution in [0.2, 0.25) is 0 Å². The van der Waals surface area contributed by atoms with Crippen molar-refractivity contribution < 1.29 is 9.18 Å². The predicted octanol–water partition coefficient (Wildman–Crippen LogP) is 3.87. The topological polar surface area (TPSA) is 53.2 Å². The highest BCUT2D eigenvalue weighted by atomic mass is 35.5. The molecule has 0 unspecified atom stereocenters. The van der Waals surface area contributed by atoms with E-state index in [2.05, 4.69) is 16.0 Å². The van der Waals surface area contributed by atoms with E-state index in [1.807, 2.05) is 18.2 Å². The summed E-state index contributed by atoms with van der Waals surface area (Å²) in [5.74, 6) is 0. The Morgan fingerprint density at radius 1 is 1.09 bits per heavy atom. The van der Waals surface area contributed by atoms with E-state index in [0.717, 1.165) is 25.2 Å². The molecule has 0 fully saturated rings. The van der Waals surface area contributed by atoms with Crippen molar-refractivity contribution in [2.75, 3.05) is 17.2 Å². The largest absolute Gasteiger partial charge is 0.323 e. The van der Waals surface area contributed by atoms with Crippen molar-refractivity contribution in [3.63, 3.8) is 0 Å². The van der Waals surface area contributed by atoms with Gasteiger partial charge in [-0.05, 0) is 53.9 Å². The van der Waals surface area contributed by atoms with Crippen molar-refractivity contribution in [3.8, 4) is 0 Å². The van der Waals surface area contributed by atoms with Gasteiger partial charge < -0.3 is 16.0 Å². The molecule has 0 saturated heterocycles. The van der Waals surface area contributed by atoms with Gasteiger partial charge in [-0.2, -0.15) is 0 Å². The highest BCUT2D eigenvalue weighted by Crippen LogP contribution is 2.19. The van der Waals surface area contributed by atoms with Crippen molar-refractivity contribution in [1.29, 1.82) is 0 Å². The summed E-state index contributed by atoms with van der Waals surface area (Å²) in [5.41, 5.74) is 4.41. The van der Waals surface area contributed by atoms with Crippen molar-refractivity contribution >= 4 is 29.8 Å². The van der Waals surface area contributed by atoms with Crippen LogP contribution in [0.25, 0.3) is 0 Å². The molecule has 2 aromatic carbocycles. The van der Waals surface area contributed by atoms with Crippen LogP contribution in [0.1, 0.15) is 16.7 Å². The van der Waals surface area contributed by atoms with E-state index >= 15 is 0 Å². The molecule has 4 nitrogen and oxygen atoms in total. The molecule has 0 aromatic heterocycles. The van der Waals surface area contributed by atoms with E-state index in [0.29, 0.717) is 11.3 Å². The molecule has 23 heavy (non-hydrogen) atoms. The molecule has 1 aliphatic heterocycles. The third-order valence-electron chi connectivity index (χ3n) is 3.69. The number of fused-ring (bicyclic) bond motifs is 1. The summed E-state index contributed by atoms with van der Waals surface area (Å²) in [7, 11) is 0. The SMILES string of the molecule is Cl.O=C(Nc1cccc(CF)c1)Nc1ccc2c(c1)CCNC2. The molecule has 0 saturated carbocycles. The normalized spacial score (nSPS) is 12.7. The number of halogens is 2. The molecule has 0 atom stereocenters. The van der Waals surface area contributed by atoms with Crippen molar-refractivity contribution in [2.24, 2.45) is 0 Å². The highest BCUT2D eigenvalue weighted by Gasteiger charge is 2.10. The maximum Gasteiger partial charge on any atom is 0.323 e. The molecule has 0 radical (unpaired) electrons. The van der Waals surface area contributed by atoms with Gasteiger partial charge in [0.05, 0.1) is 0 Å². The number of rotatable bonds is 3. The Morgan fingerprint density at radius 2 is 1.87 bits per heavy atom. The summed E-state index contributed by atoms with van der Waals surface area (Å²) in [5, 5.41) is 8.84. The van der Waals surface area contributed by atoms with Gasteiger partial charge in [-0.3, -0.25) is 0 Å². The zero-order valence-corrected chi connectivity index (χ0v) is 13.4. The zero-order valence-electron chi connectivity index (χ0n) is 12.6. The standard InChI is InChI=1S/C17H18FN3O.ClH/c18-10-12-2-1-3-15(8-12)20-17(22)21-16-5-4-14-11-19-7-6-13(14)9-16;/h1-5,8-9,19H,6-7,10-11H2,(H2,20,21,22);1H. The maximum atomic E-state index is 12.6. The predicted molar refractivity (Wildman–Crippen MR) is 93.0 cm³/mol. The molecule has 2 aromatic rings. The summed E-state index contributed by atoms with van der Waals surface area (Å²) in [6, 6.07) is 12.4.